The fraction of sp³-hybridized carbons (Fsp3) is 0.667. The van der Waals surface area contributed by atoms with Crippen LogP contribution in [0.1, 0.15) is 38.6 Å². The summed E-state index contributed by atoms with van der Waals surface area (Å²) in [5.74, 6) is 0.302. The molecule has 0 spiro atoms. The number of hydrogen-bond acceptors (Lipinski definition) is 4. The van der Waals surface area contributed by atoms with Gasteiger partial charge in [-0.05, 0) is 45.1 Å². The van der Waals surface area contributed by atoms with E-state index in [0.29, 0.717) is 24.7 Å². The third-order valence-electron chi connectivity index (χ3n) is 4.62. The number of nitrogens with zero attached hydrogens (tertiary/aromatic N) is 3. The summed E-state index contributed by atoms with van der Waals surface area (Å²) in [6, 6.07) is 1.53. The third-order valence-corrected chi connectivity index (χ3v) is 4.62. The zero-order valence-corrected chi connectivity index (χ0v) is 12.7. The van der Waals surface area contributed by atoms with Crippen LogP contribution in [-0.4, -0.2) is 50.8 Å². The number of carboxylic acid groups (broad SMARTS) is 1. The molecular formula is C15H22N4O3. The standard InChI is InChI=1S/C15H22N4O3/c1-10(11-4-5-11)19-13(6-7-16-19)17-14(20)9-18-8-2-3-12(18)15(21)22/h6-7,10-12H,2-5,8-9H2,1H3,(H,17,20)(H,21,22). The molecule has 2 atom stereocenters. The van der Waals surface area contributed by atoms with Crippen molar-refractivity contribution in [1.29, 1.82) is 0 Å². The number of likely N-dealkylation sites (tertiary alicyclic amines) is 1. The topological polar surface area (TPSA) is 87.5 Å². The highest BCUT2D eigenvalue weighted by molar-refractivity contribution is 5.92. The molecule has 22 heavy (non-hydrogen) atoms. The van der Waals surface area contributed by atoms with E-state index in [0.717, 1.165) is 6.42 Å². The summed E-state index contributed by atoms with van der Waals surface area (Å²) in [4.78, 5) is 25.1. The molecule has 2 fully saturated rings. The Morgan fingerprint density at radius 1 is 1.45 bits per heavy atom. The fourth-order valence-electron chi connectivity index (χ4n) is 3.18. The minimum absolute atomic E-state index is 0.111. The number of amides is 1. The maximum Gasteiger partial charge on any atom is 0.320 e. The van der Waals surface area contributed by atoms with Gasteiger partial charge in [0.1, 0.15) is 11.9 Å². The molecule has 7 nitrogen and oxygen atoms in total. The van der Waals surface area contributed by atoms with Crippen LogP contribution >= 0.6 is 0 Å². The molecule has 1 aliphatic carbocycles. The van der Waals surface area contributed by atoms with E-state index < -0.39 is 12.0 Å². The largest absolute Gasteiger partial charge is 0.480 e. The lowest BCUT2D eigenvalue weighted by molar-refractivity contribution is -0.142. The van der Waals surface area contributed by atoms with Crippen LogP contribution < -0.4 is 5.32 Å². The lowest BCUT2D eigenvalue weighted by atomic mass is 10.2. The van der Waals surface area contributed by atoms with Crippen LogP contribution in [0.3, 0.4) is 0 Å². The minimum atomic E-state index is -0.849. The maximum absolute atomic E-state index is 12.2. The quantitative estimate of drug-likeness (QED) is 0.828. The minimum Gasteiger partial charge on any atom is -0.480 e. The van der Waals surface area contributed by atoms with Crippen LogP contribution in [0, 0.1) is 5.92 Å². The van der Waals surface area contributed by atoms with Gasteiger partial charge in [0.25, 0.3) is 0 Å². The molecule has 0 bridgehead atoms. The molecule has 1 saturated carbocycles. The number of aliphatic carboxylic acids is 1. The van der Waals surface area contributed by atoms with Gasteiger partial charge in [0.2, 0.25) is 5.91 Å². The van der Waals surface area contributed by atoms with Crippen LogP contribution in [0.5, 0.6) is 0 Å². The number of rotatable bonds is 6. The van der Waals surface area contributed by atoms with Crippen molar-refractivity contribution in [3.8, 4) is 0 Å². The Hall–Kier alpha value is -1.89. The number of hydrogen-bond donors (Lipinski definition) is 2. The Balaban J connectivity index is 1.60. The van der Waals surface area contributed by atoms with Crippen molar-refractivity contribution >= 4 is 17.7 Å². The summed E-state index contributed by atoms with van der Waals surface area (Å²) in [6.07, 6.45) is 5.54. The molecule has 120 valence electrons. The molecule has 0 aromatic carbocycles. The van der Waals surface area contributed by atoms with Crippen LogP contribution in [0.2, 0.25) is 0 Å². The molecule has 7 heteroatoms. The van der Waals surface area contributed by atoms with Crippen molar-refractivity contribution in [2.24, 2.45) is 5.92 Å². The molecule has 2 aliphatic rings. The van der Waals surface area contributed by atoms with Gasteiger partial charge in [0.15, 0.2) is 0 Å². The Kier molecular flexibility index (Phi) is 4.15. The molecule has 1 aromatic heterocycles. The Morgan fingerprint density at radius 3 is 2.91 bits per heavy atom. The molecular weight excluding hydrogens is 284 g/mol. The van der Waals surface area contributed by atoms with E-state index in [9.17, 15) is 9.59 Å². The first-order valence-corrected chi connectivity index (χ1v) is 7.86. The van der Waals surface area contributed by atoms with Crippen molar-refractivity contribution in [1.82, 2.24) is 14.7 Å². The van der Waals surface area contributed by atoms with Crippen molar-refractivity contribution in [2.45, 2.75) is 44.7 Å². The highest BCUT2D eigenvalue weighted by atomic mass is 16.4. The fourth-order valence-corrected chi connectivity index (χ4v) is 3.18. The number of carbonyl (C=O) groups is 2. The van der Waals surface area contributed by atoms with E-state index in [1.165, 1.54) is 12.8 Å². The van der Waals surface area contributed by atoms with Crippen molar-refractivity contribution in [3.63, 3.8) is 0 Å². The summed E-state index contributed by atoms with van der Waals surface area (Å²) < 4.78 is 1.86. The smallest absolute Gasteiger partial charge is 0.320 e. The first kappa shape index (κ1) is 15.0. The molecule has 2 heterocycles. The van der Waals surface area contributed by atoms with E-state index >= 15 is 0 Å². The van der Waals surface area contributed by atoms with Gasteiger partial charge < -0.3 is 10.4 Å². The van der Waals surface area contributed by atoms with Gasteiger partial charge in [-0.3, -0.25) is 14.5 Å². The molecule has 1 saturated heterocycles. The van der Waals surface area contributed by atoms with Crippen LogP contribution in [0.15, 0.2) is 12.3 Å². The van der Waals surface area contributed by atoms with E-state index in [-0.39, 0.29) is 18.5 Å². The molecule has 2 N–H and O–H groups in total. The number of aromatic nitrogens is 2. The second-order valence-electron chi connectivity index (χ2n) is 6.25. The summed E-state index contributed by atoms with van der Waals surface area (Å²) in [6.45, 7) is 2.88. The highest BCUT2D eigenvalue weighted by Gasteiger charge is 2.33. The zero-order chi connectivity index (χ0) is 15.7. The lowest BCUT2D eigenvalue weighted by Gasteiger charge is -2.21. The van der Waals surface area contributed by atoms with Gasteiger partial charge in [-0.2, -0.15) is 5.10 Å². The van der Waals surface area contributed by atoms with Gasteiger partial charge in [-0.25, -0.2) is 4.68 Å². The Labute approximate surface area is 129 Å². The van der Waals surface area contributed by atoms with Gasteiger partial charge in [-0.1, -0.05) is 0 Å². The van der Waals surface area contributed by atoms with E-state index in [4.69, 9.17) is 5.11 Å². The normalized spacial score (nSPS) is 23.4. The predicted octanol–water partition coefficient (Wildman–Crippen LogP) is 1.34. The predicted molar refractivity (Wildman–Crippen MR) is 80.5 cm³/mol. The second-order valence-corrected chi connectivity index (χ2v) is 6.25. The summed E-state index contributed by atoms with van der Waals surface area (Å²) >= 11 is 0. The summed E-state index contributed by atoms with van der Waals surface area (Å²) in [5, 5.41) is 16.3. The average Bonchev–Trinajstić information content (AvgIpc) is 3.05. The number of carbonyl (C=O) groups excluding carboxylic acids is 1. The molecule has 2 unspecified atom stereocenters. The highest BCUT2D eigenvalue weighted by Crippen LogP contribution is 2.40. The van der Waals surface area contributed by atoms with Gasteiger partial charge >= 0.3 is 5.97 Å². The van der Waals surface area contributed by atoms with Crippen molar-refractivity contribution < 1.29 is 14.7 Å². The van der Waals surface area contributed by atoms with Gasteiger partial charge in [-0.15, -0.1) is 0 Å². The molecule has 3 rings (SSSR count). The maximum atomic E-state index is 12.2. The van der Waals surface area contributed by atoms with E-state index in [1.807, 2.05) is 4.68 Å². The first-order valence-electron chi connectivity index (χ1n) is 7.86. The monoisotopic (exact) mass is 306 g/mol. The second kappa shape index (κ2) is 6.08. The summed E-state index contributed by atoms with van der Waals surface area (Å²) in [5.41, 5.74) is 0. The summed E-state index contributed by atoms with van der Waals surface area (Å²) in [7, 11) is 0. The van der Waals surface area contributed by atoms with Crippen molar-refractivity contribution in [3.05, 3.63) is 12.3 Å². The Morgan fingerprint density at radius 2 is 2.23 bits per heavy atom. The van der Waals surface area contributed by atoms with Crippen LogP contribution in [0.25, 0.3) is 0 Å². The van der Waals surface area contributed by atoms with Gasteiger partial charge in [0, 0.05) is 6.07 Å². The SMILES string of the molecule is CC(C1CC1)n1nccc1NC(=O)CN1CCCC1C(=O)O. The lowest BCUT2D eigenvalue weighted by Crippen LogP contribution is -2.41. The van der Waals surface area contributed by atoms with Gasteiger partial charge in [0.05, 0.1) is 18.8 Å². The molecule has 0 radical (unpaired) electrons. The zero-order valence-electron chi connectivity index (χ0n) is 12.7. The number of nitrogens with one attached hydrogen (secondary N) is 1. The first-order chi connectivity index (χ1) is 10.6. The van der Waals surface area contributed by atoms with Crippen molar-refractivity contribution in [2.75, 3.05) is 18.4 Å². The van der Waals surface area contributed by atoms with Crippen LogP contribution in [-0.2, 0) is 9.59 Å². The third kappa shape index (κ3) is 3.14. The van der Waals surface area contributed by atoms with Crippen LogP contribution in [0.4, 0.5) is 5.82 Å². The molecule has 1 amide bonds. The average molecular weight is 306 g/mol. The molecule has 1 aliphatic heterocycles. The molecule has 1 aromatic rings. The van der Waals surface area contributed by atoms with E-state index in [1.54, 1.807) is 17.2 Å². The number of carboxylic acids is 1. The van der Waals surface area contributed by atoms with E-state index in [2.05, 4.69) is 17.3 Å². The number of anilines is 1. The Bertz CT molecular complexity index is 567.